The SMILES string of the molecule is OP(O)CBr. The minimum Gasteiger partial charge on any atom is -0.349 e. The van der Waals surface area contributed by atoms with Crippen molar-refractivity contribution < 1.29 is 9.79 Å². The molecule has 32 valence electrons. The Morgan fingerprint density at radius 3 is 1.80 bits per heavy atom. The minimum atomic E-state index is -1.68. The van der Waals surface area contributed by atoms with E-state index < -0.39 is 8.38 Å². The van der Waals surface area contributed by atoms with Crippen molar-refractivity contribution in [2.75, 3.05) is 5.07 Å². The first kappa shape index (κ1) is 5.83. The first-order valence-electron chi connectivity index (χ1n) is 0.983. The molecule has 0 bridgehead atoms. The molecule has 0 aliphatic rings. The maximum atomic E-state index is 7.93. The Labute approximate surface area is 39.9 Å². The molecule has 0 atom stereocenters. The van der Waals surface area contributed by atoms with Crippen LogP contribution in [0.2, 0.25) is 0 Å². The Balaban J connectivity index is 2.54. The second-order valence-electron chi connectivity index (χ2n) is 0.492. The Morgan fingerprint density at radius 2 is 1.80 bits per heavy atom. The van der Waals surface area contributed by atoms with Gasteiger partial charge in [0.25, 0.3) is 0 Å². The average Bonchev–Trinajstić information content (AvgIpc) is 1.38. The first-order valence-corrected chi connectivity index (χ1v) is 3.54. The summed E-state index contributed by atoms with van der Waals surface area (Å²) in [7, 11) is -1.68. The van der Waals surface area contributed by atoms with Crippen LogP contribution in [-0.2, 0) is 0 Å². The molecule has 0 rings (SSSR count). The van der Waals surface area contributed by atoms with Gasteiger partial charge in [-0.25, -0.2) is 0 Å². The minimum absolute atomic E-state index is 0.294. The van der Waals surface area contributed by atoms with Gasteiger partial charge in [-0.1, -0.05) is 15.9 Å². The molecule has 0 radical (unpaired) electrons. The summed E-state index contributed by atoms with van der Waals surface area (Å²) in [4.78, 5) is 15.9. The maximum absolute atomic E-state index is 7.93. The quantitative estimate of drug-likeness (QED) is 0.435. The monoisotopic (exact) mass is 158 g/mol. The van der Waals surface area contributed by atoms with Gasteiger partial charge in [-0.2, -0.15) is 0 Å². The van der Waals surface area contributed by atoms with Crippen LogP contribution < -0.4 is 0 Å². The van der Waals surface area contributed by atoms with E-state index in [2.05, 4.69) is 15.9 Å². The van der Waals surface area contributed by atoms with Gasteiger partial charge in [0.1, 0.15) is 0 Å². The van der Waals surface area contributed by atoms with E-state index in [0.717, 1.165) is 0 Å². The molecule has 0 aromatic rings. The zero-order valence-corrected chi connectivity index (χ0v) is 4.91. The van der Waals surface area contributed by atoms with Crippen molar-refractivity contribution in [1.82, 2.24) is 0 Å². The van der Waals surface area contributed by atoms with Crippen LogP contribution in [0.1, 0.15) is 0 Å². The first-order chi connectivity index (χ1) is 2.27. The molecule has 2 N–H and O–H groups in total. The van der Waals surface area contributed by atoms with Crippen LogP contribution in [0.15, 0.2) is 0 Å². The predicted octanol–water partition coefficient (Wildman–Crippen LogP) is 0.635. The van der Waals surface area contributed by atoms with E-state index in [1.807, 2.05) is 0 Å². The van der Waals surface area contributed by atoms with E-state index in [0.29, 0.717) is 5.07 Å². The van der Waals surface area contributed by atoms with Crippen LogP contribution in [-0.4, -0.2) is 14.9 Å². The van der Waals surface area contributed by atoms with Crippen molar-refractivity contribution in [2.24, 2.45) is 0 Å². The lowest BCUT2D eigenvalue weighted by atomic mass is 11.9. The summed E-state index contributed by atoms with van der Waals surface area (Å²) >= 11 is 2.84. The summed E-state index contributed by atoms with van der Waals surface area (Å²) in [5.41, 5.74) is 0. The molecular formula is CH4BrO2P. The number of alkyl halides is 1. The van der Waals surface area contributed by atoms with Gasteiger partial charge in [0.2, 0.25) is 0 Å². The van der Waals surface area contributed by atoms with Crippen LogP contribution >= 0.6 is 24.3 Å². The molecule has 0 aliphatic heterocycles. The third-order valence-corrected chi connectivity index (χ3v) is 1.67. The Hall–Kier alpha value is 0.830. The number of hydrogen-bond acceptors (Lipinski definition) is 2. The van der Waals surface area contributed by atoms with Crippen molar-refractivity contribution in [1.29, 1.82) is 0 Å². The number of halogens is 1. The summed E-state index contributed by atoms with van der Waals surface area (Å²) in [6.07, 6.45) is 0. The number of hydrogen-bond donors (Lipinski definition) is 2. The van der Waals surface area contributed by atoms with Gasteiger partial charge in [0.05, 0.1) is 5.07 Å². The van der Waals surface area contributed by atoms with Gasteiger partial charge in [-0.05, 0) is 0 Å². The summed E-state index contributed by atoms with van der Waals surface area (Å²) in [6.45, 7) is 0. The highest BCUT2D eigenvalue weighted by Crippen LogP contribution is 2.24. The van der Waals surface area contributed by atoms with Crippen molar-refractivity contribution in [3.63, 3.8) is 0 Å². The van der Waals surface area contributed by atoms with Crippen molar-refractivity contribution in [2.45, 2.75) is 0 Å². The van der Waals surface area contributed by atoms with Crippen molar-refractivity contribution in [3.05, 3.63) is 0 Å². The van der Waals surface area contributed by atoms with Gasteiger partial charge < -0.3 is 9.79 Å². The lowest BCUT2D eigenvalue weighted by molar-refractivity contribution is 0.490. The summed E-state index contributed by atoms with van der Waals surface area (Å²) in [6, 6.07) is 0. The van der Waals surface area contributed by atoms with E-state index in [4.69, 9.17) is 9.79 Å². The fourth-order valence-corrected chi connectivity index (χ4v) is 0. The molecule has 0 fully saturated rings. The third kappa shape index (κ3) is 4.83. The molecule has 0 unspecified atom stereocenters. The second-order valence-corrected chi connectivity index (χ2v) is 2.98. The van der Waals surface area contributed by atoms with Crippen LogP contribution in [0, 0.1) is 0 Å². The zero-order chi connectivity index (χ0) is 4.28. The standard InChI is InChI=1S/CH4BrO2P/c2-1-5(3)4/h3-4H,1H2. The highest BCUT2D eigenvalue weighted by molar-refractivity contribution is 9.10. The third-order valence-electron chi connectivity index (χ3n) is 0.107. The smallest absolute Gasteiger partial charge is 0.176 e. The Morgan fingerprint density at radius 1 is 1.60 bits per heavy atom. The highest BCUT2D eigenvalue weighted by atomic mass is 79.9. The Kier molecular flexibility index (Phi) is 3.54. The summed E-state index contributed by atoms with van der Waals surface area (Å²) < 4.78 is 0. The van der Waals surface area contributed by atoms with Crippen LogP contribution in [0.3, 0.4) is 0 Å². The van der Waals surface area contributed by atoms with E-state index in [9.17, 15) is 0 Å². The van der Waals surface area contributed by atoms with E-state index in [-0.39, 0.29) is 0 Å². The van der Waals surface area contributed by atoms with Gasteiger partial charge in [0, 0.05) is 0 Å². The predicted molar refractivity (Wildman–Crippen MR) is 25.2 cm³/mol. The summed E-state index contributed by atoms with van der Waals surface area (Å²) in [5, 5.41) is 0.294. The van der Waals surface area contributed by atoms with Gasteiger partial charge in [-0.3, -0.25) is 0 Å². The largest absolute Gasteiger partial charge is 0.349 e. The molecule has 0 aliphatic carbocycles. The molecule has 0 aromatic carbocycles. The molecule has 0 amide bonds. The molecule has 0 saturated heterocycles. The van der Waals surface area contributed by atoms with Crippen LogP contribution in [0.4, 0.5) is 0 Å². The number of rotatable bonds is 1. The molecular weight excluding hydrogens is 155 g/mol. The lowest BCUT2D eigenvalue weighted by Crippen LogP contribution is -1.62. The molecule has 0 heterocycles. The normalized spacial score (nSPS) is 9.60. The Bertz CT molecular complexity index is 23.6. The van der Waals surface area contributed by atoms with Crippen molar-refractivity contribution >= 4 is 24.3 Å². The van der Waals surface area contributed by atoms with Crippen LogP contribution in [0.5, 0.6) is 0 Å². The van der Waals surface area contributed by atoms with Gasteiger partial charge in [0.15, 0.2) is 8.38 Å². The molecule has 5 heavy (non-hydrogen) atoms. The highest BCUT2D eigenvalue weighted by Gasteiger charge is 1.86. The zero-order valence-electron chi connectivity index (χ0n) is 2.43. The molecule has 0 saturated carbocycles. The van der Waals surface area contributed by atoms with Gasteiger partial charge in [-0.15, -0.1) is 0 Å². The molecule has 4 heteroatoms. The molecule has 2 nitrogen and oxygen atoms in total. The van der Waals surface area contributed by atoms with E-state index in [1.54, 1.807) is 0 Å². The maximum Gasteiger partial charge on any atom is 0.176 e. The van der Waals surface area contributed by atoms with Gasteiger partial charge >= 0.3 is 0 Å². The van der Waals surface area contributed by atoms with E-state index in [1.165, 1.54) is 0 Å². The fraction of sp³-hybridized carbons (Fsp3) is 1.00. The molecule has 0 aromatic heterocycles. The lowest BCUT2D eigenvalue weighted by Gasteiger charge is -1.87. The van der Waals surface area contributed by atoms with Crippen molar-refractivity contribution in [3.8, 4) is 0 Å². The topological polar surface area (TPSA) is 40.5 Å². The second kappa shape index (κ2) is 3.04. The molecule has 0 spiro atoms. The average molecular weight is 159 g/mol. The summed E-state index contributed by atoms with van der Waals surface area (Å²) in [5.74, 6) is 0. The fourth-order valence-electron chi connectivity index (χ4n) is 0. The van der Waals surface area contributed by atoms with E-state index >= 15 is 0 Å². The van der Waals surface area contributed by atoms with Crippen LogP contribution in [0.25, 0.3) is 0 Å².